The van der Waals surface area contributed by atoms with Crippen LogP contribution in [0.3, 0.4) is 0 Å². The Labute approximate surface area is 482 Å². The van der Waals surface area contributed by atoms with Crippen LogP contribution in [-0.2, 0) is 28.6 Å². The molecule has 0 aliphatic rings. The number of carbonyl (C=O) groups is 3. The molecule has 0 aliphatic carbocycles. The van der Waals surface area contributed by atoms with Crippen LogP contribution in [0.15, 0.2) is 109 Å². The summed E-state index contributed by atoms with van der Waals surface area (Å²) in [6, 6.07) is 0. The molecule has 0 aromatic heterocycles. The highest BCUT2D eigenvalue weighted by atomic mass is 16.6. The van der Waals surface area contributed by atoms with E-state index in [-0.39, 0.29) is 37.5 Å². The van der Waals surface area contributed by atoms with Gasteiger partial charge in [-0.15, -0.1) is 0 Å². The first kappa shape index (κ1) is 74.1. The number of hydrogen-bond acceptors (Lipinski definition) is 6. The Hall–Kier alpha value is -3.93. The van der Waals surface area contributed by atoms with Crippen molar-refractivity contribution in [2.45, 2.75) is 316 Å². The Morgan fingerprint density at radius 1 is 0.269 bits per heavy atom. The van der Waals surface area contributed by atoms with E-state index in [2.05, 4.69) is 130 Å². The van der Waals surface area contributed by atoms with Crippen molar-refractivity contribution in [2.75, 3.05) is 13.2 Å². The fourth-order valence-electron chi connectivity index (χ4n) is 9.06. The monoisotopic (exact) mass is 1080 g/mol. The van der Waals surface area contributed by atoms with E-state index in [4.69, 9.17) is 14.2 Å². The summed E-state index contributed by atoms with van der Waals surface area (Å²) in [4.78, 5) is 38.3. The second kappa shape index (κ2) is 65.6. The molecule has 78 heavy (non-hydrogen) atoms. The third-order valence-electron chi connectivity index (χ3n) is 14.0. The molecule has 0 amide bonds. The topological polar surface area (TPSA) is 78.9 Å². The van der Waals surface area contributed by atoms with Gasteiger partial charge in [0.2, 0.25) is 0 Å². The lowest BCUT2D eigenvalue weighted by atomic mass is 10.0. The largest absolute Gasteiger partial charge is 0.462 e. The molecule has 0 saturated carbocycles. The summed E-state index contributed by atoms with van der Waals surface area (Å²) in [5, 5.41) is 0. The highest BCUT2D eigenvalue weighted by molar-refractivity contribution is 5.71. The minimum Gasteiger partial charge on any atom is -0.462 e. The third-order valence-corrected chi connectivity index (χ3v) is 14.0. The molecule has 0 aliphatic heterocycles. The molecular weight excluding hydrogens is 961 g/mol. The fraction of sp³-hybridized carbons (Fsp3) is 0.708. The highest BCUT2D eigenvalue weighted by Crippen LogP contribution is 2.16. The first-order valence-electron chi connectivity index (χ1n) is 32.9. The predicted octanol–water partition coefficient (Wildman–Crippen LogP) is 22.6. The number of esters is 3. The summed E-state index contributed by atoms with van der Waals surface area (Å²) >= 11 is 0. The summed E-state index contributed by atoms with van der Waals surface area (Å²) in [7, 11) is 0. The Morgan fingerprint density at radius 2 is 0.500 bits per heavy atom. The number of rotatable bonds is 59. The lowest BCUT2D eigenvalue weighted by Gasteiger charge is -2.18. The molecular formula is C72H122O6. The maximum atomic E-state index is 12.9. The summed E-state index contributed by atoms with van der Waals surface area (Å²) in [5.41, 5.74) is 0. The standard InChI is InChI=1S/C72H122O6/c1-4-7-10-13-16-19-22-25-28-30-32-34-35-36-37-39-40-42-44-47-50-53-56-59-62-65-71(74)77-68-69(67-76-70(73)64-61-58-55-52-49-46-27-24-21-18-15-12-9-6-3)78-72(75)66-63-60-57-54-51-48-45-43-41-38-33-31-29-26-23-20-17-14-11-8-5-2/h8,11,17,20,22,24-27,29-30,32-33,38,43,45,51,54,69H,4-7,9-10,12-16,18-19,21,23,28,31,34-37,39-42,44,46-50,52-53,55-68H2,1-3H3/b11-8-,20-17-,25-22-,27-24-,29-26-,32-30-,38-33-,45-43-,54-51-. The molecule has 0 aromatic rings. The van der Waals surface area contributed by atoms with Crippen LogP contribution in [0.4, 0.5) is 0 Å². The van der Waals surface area contributed by atoms with Crippen LogP contribution in [0, 0.1) is 0 Å². The van der Waals surface area contributed by atoms with Gasteiger partial charge < -0.3 is 14.2 Å². The van der Waals surface area contributed by atoms with Crippen LogP contribution in [0.25, 0.3) is 0 Å². The number of hydrogen-bond donors (Lipinski definition) is 0. The molecule has 0 aromatic carbocycles. The Kier molecular flexibility index (Phi) is 62.3. The van der Waals surface area contributed by atoms with Crippen molar-refractivity contribution in [3.8, 4) is 0 Å². The second-order valence-corrected chi connectivity index (χ2v) is 21.6. The van der Waals surface area contributed by atoms with Gasteiger partial charge in [0, 0.05) is 19.3 Å². The van der Waals surface area contributed by atoms with Gasteiger partial charge in [0.05, 0.1) is 0 Å². The zero-order valence-corrected chi connectivity index (χ0v) is 51.2. The first-order valence-corrected chi connectivity index (χ1v) is 32.9. The molecule has 0 bridgehead atoms. The lowest BCUT2D eigenvalue weighted by Crippen LogP contribution is -2.30. The molecule has 6 nitrogen and oxygen atoms in total. The van der Waals surface area contributed by atoms with Crippen molar-refractivity contribution in [3.05, 3.63) is 109 Å². The van der Waals surface area contributed by atoms with E-state index in [1.807, 2.05) is 0 Å². The van der Waals surface area contributed by atoms with Crippen molar-refractivity contribution in [3.63, 3.8) is 0 Å². The number of carbonyl (C=O) groups excluding carboxylic acids is 3. The van der Waals surface area contributed by atoms with E-state index in [9.17, 15) is 14.4 Å². The molecule has 0 N–H and O–H groups in total. The summed E-state index contributed by atoms with van der Waals surface area (Å²) in [5.74, 6) is -0.944. The smallest absolute Gasteiger partial charge is 0.306 e. The van der Waals surface area contributed by atoms with E-state index in [0.717, 1.165) is 109 Å². The van der Waals surface area contributed by atoms with E-state index < -0.39 is 6.10 Å². The van der Waals surface area contributed by atoms with Crippen LogP contribution in [0.1, 0.15) is 310 Å². The molecule has 0 saturated heterocycles. The average Bonchev–Trinajstić information content (AvgIpc) is 3.44. The third kappa shape index (κ3) is 62.9. The number of unbranched alkanes of at least 4 members (excludes halogenated alkanes) is 30. The van der Waals surface area contributed by atoms with Crippen molar-refractivity contribution < 1.29 is 28.6 Å². The van der Waals surface area contributed by atoms with Crippen molar-refractivity contribution in [1.29, 1.82) is 0 Å². The van der Waals surface area contributed by atoms with Gasteiger partial charge in [-0.2, -0.15) is 0 Å². The van der Waals surface area contributed by atoms with Crippen molar-refractivity contribution in [1.82, 2.24) is 0 Å². The van der Waals surface area contributed by atoms with Gasteiger partial charge >= 0.3 is 17.9 Å². The van der Waals surface area contributed by atoms with Gasteiger partial charge in [-0.1, -0.05) is 271 Å². The van der Waals surface area contributed by atoms with Crippen LogP contribution in [0.5, 0.6) is 0 Å². The zero-order chi connectivity index (χ0) is 56.4. The first-order chi connectivity index (χ1) is 38.5. The van der Waals surface area contributed by atoms with Gasteiger partial charge in [0.15, 0.2) is 6.10 Å². The quantitative estimate of drug-likeness (QED) is 0.0261. The van der Waals surface area contributed by atoms with Crippen molar-refractivity contribution >= 4 is 17.9 Å². The van der Waals surface area contributed by atoms with E-state index >= 15 is 0 Å². The van der Waals surface area contributed by atoms with Crippen LogP contribution >= 0.6 is 0 Å². The maximum Gasteiger partial charge on any atom is 0.306 e. The fourth-order valence-corrected chi connectivity index (χ4v) is 9.06. The van der Waals surface area contributed by atoms with E-state index in [1.54, 1.807) is 0 Å². The van der Waals surface area contributed by atoms with Gasteiger partial charge in [0.1, 0.15) is 13.2 Å². The Balaban J connectivity index is 4.40. The lowest BCUT2D eigenvalue weighted by molar-refractivity contribution is -0.167. The average molecular weight is 1080 g/mol. The van der Waals surface area contributed by atoms with Gasteiger partial charge in [-0.25, -0.2) is 0 Å². The van der Waals surface area contributed by atoms with Crippen LogP contribution < -0.4 is 0 Å². The van der Waals surface area contributed by atoms with Gasteiger partial charge in [-0.05, 0) is 128 Å². The molecule has 1 atom stereocenters. The van der Waals surface area contributed by atoms with Gasteiger partial charge in [-0.3, -0.25) is 14.4 Å². The van der Waals surface area contributed by atoms with Crippen molar-refractivity contribution in [2.24, 2.45) is 0 Å². The summed E-state index contributed by atoms with van der Waals surface area (Å²) < 4.78 is 16.9. The Morgan fingerprint density at radius 3 is 0.821 bits per heavy atom. The molecule has 0 radical (unpaired) electrons. The molecule has 1 unspecified atom stereocenters. The van der Waals surface area contributed by atoms with Crippen LogP contribution in [-0.4, -0.2) is 37.2 Å². The number of ether oxygens (including phenoxy) is 3. The summed E-state index contributed by atoms with van der Waals surface area (Å²) in [6.07, 6.45) is 89.6. The second-order valence-electron chi connectivity index (χ2n) is 21.6. The number of allylic oxidation sites excluding steroid dienone is 18. The predicted molar refractivity (Wildman–Crippen MR) is 339 cm³/mol. The Bertz CT molecular complexity index is 1570. The van der Waals surface area contributed by atoms with E-state index in [0.29, 0.717) is 19.3 Å². The summed E-state index contributed by atoms with van der Waals surface area (Å²) in [6.45, 7) is 6.49. The SMILES string of the molecule is CC/C=C\C/C=C\C/C=C\C/C=C\C/C=C\C/C=C\CCCCC(=O)OC(COC(=O)CCCCCCC/C=C\CCCCCCC)COC(=O)CCCCCCCCCCCCCCC/C=C\C/C=C\CCCCCCC. The molecule has 0 fully saturated rings. The zero-order valence-electron chi connectivity index (χ0n) is 51.2. The highest BCUT2D eigenvalue weighted by Gasteiger charge is 2.19. The molecule has 0 rings (SSSR count). The minimum absolute atomic E-state index is 0.0987. The van der Waals surface area contributed by atoms with Crippen LogP contribution in [0.2, 0.25) is 0 Å². The maximum absolute atomic E-state index is 12.9. The molecule has 6 heteroatoms. The molecule has 0 heterocycles. The normalized spacial score (nSPS) is 12.8. The molecule has 446 valence electrons. The minimum atomic E-state index is -0.808. The molecule has 0 spiro atoms. The van der Waals surface area contributed by atoms with Gasteiger partial charge in [0.25, 0.3) is 0 Å². The van der Waals surface area contributed by atoms with E-state index in [1.165, 1.54) is 154 Å².